The summed E-state index contributed by atoms with van der Waals surface area (Å²) in [6.45, 7) is 5.14. The minimum absolute atomic E-state index is 0.0145. The van der Waals surface area contributed by atoms with E-state index < -0.39 is 0 Å². The lowest BCUT2D eigenvalue weighted by atomic mass is 10.2. The van der Waals surface area contributed by atoms with Gasteiger partial charge in [0.05, 0.1) is 13.7 Å². The molecule has 0 radical (unpaired) electrons. The first-order chi connectivity index (χ1) is 13.2. The molecule has 0 unspecified atom stereocenters. The van der Waals surface area contributed by atoms with Crippen LogP contribution in [0.4, 0.5) is 5.69 Å². The van der Waals surface area contributed by atoms with E-state index in [1.165, 1.54) is 5.56 Å². The van der Waals surface area contributed by atoms with Crippen molar-refractivity contribution in [1.82, 2.24) is 9.80 Å². The first-order valence-corrected chi connectivity index (χ1v) is 9.33. The van der Waals surface area contributed by atoms with Gasteiger partial charge in [0.25, 0.3) is 0 Å². The fourth-order valence-corrected chi connectivity index (χ4v) is 3.14. The van der Waals surface area contributed by atoms with E-state index in [4.69, 9.17) is 4.74 Å². The van der Waals surface area contributed by atoms with Crippen molar-refractivity contribution in [2.24, 2.45) is 0 Å². The lowest BCUT2D eigenvalue weighted by molar-refractivity contribution is -0.117. The highest BCUT2D eigenvalue weighted by Gasteiger charge is 2.18. The van der Waals surface area contributed by atoms with E-state index >= 15 is 0 Å². The molecular weight excluding hydrogens is 338 g/mol. The summed E-state index contributed by atoms with van der Waals surface area (Å²) < 4.78 is 5.19. The number of carbonyl (C=O) groups excluding carboxylic acids is 1. The van der Waals surface area contributed by atoms with Crippen LogP contribution < -0.4 is 10.1 Å². The highest BCUT2D eigenvalue weighted by molar-refractivity contribution is 5.92. The van der Waals surface area contributed by atoms with Gasteiger partial charge in [-0.05, 0) is 17.7 Å². The minimum Gasteiger partial charge on any atom is -0.497 e. The second kappa shape index (κ2) is 9.90. The number of hydrogen-bond acceptors (Lipinski definition) is 4. The van der Waals surface area contributed by atoms with Crippen molar-refractivity contribution >= 4 is 17.7 Å². The summed E-state index contributed by atoms with van der Waals surface area (Å²) in [7, 11) is 1.62. The van der Waals surface area contributed by atoms with Gasteiger partial charge in [0.2, 0.25) is 5.91 Å². The highest BCUT2D eigenvalue weighted by atomic mass is 16.5. The van der Waals surface area contributed by atoms with E-state index in [1.807, 2.05) is 30.3 Å². The number of rotatable bonds is 7. The van der Waals surface area contributed by atoms with Gasteiger partial charge in [0.15, 0.2) is 0 Å². The molecule has 0 spiro atoms. The molecule has 1 N–H and O–H groups in total. The molecule has 142 valence electrons. The summed E-state index contributed by atoms with van der Waals surface area (Å²) in [6, 6.07) is 17.8. The van der Waals surface area contributed by atoms with E-state index in [-0.39, 0.29) is 5.91 Å². The van der Waals surface area contributed by atoms with Gasteiger partial charge >= 0.3 is 0 Å². The van der Waals surface area contributed by atoms with Gasteiger partial charge in [0, 0.05) is 44.5 Å². The molecule has 1 heterocycles. The maximum Gasteiger partial charge on any atom is 0.238 e. The Bertz CT molecular complexity index is 753. The fourth-order valence-electron chi connectivity index (χ4n) is 3.14. The number of nitrogens with zero attached hydrogens (tertiary/aromatic N) is 2. The van der Waals surface area contributed by atoms with E-state index in [9.17, 15) is 4.79 Å². The molecule has 2 aromatic carbocycles. The maximum atomic E-state index is 12.3. The van der Waals surface area contributed by atoms with E-state index in [1.54, 1.807) is 7.11 Å². The van der Waals surface area contributed by atoms with Gasteiger partial charge < -0.3 is 10.1 Å². The van der Waals surface area contributed by atoms with Gasteiger partial charge in [-0.3, -0.25) is 14.6 Å². The zero-order valence-corrected chi connectivity index (χ0v) is 15.8. The Kier molecular flexibility index (Phi) is 7.02. The number of hydrogen-bond donors (Lipinski definition) is 1. The summed E-state index contributed by atoms with van der Waals surface area (Å²) >= 11 is 0. The van der Waals surface area contributed by atoms with Crippen LogP contribution in [-0.2, 0) is 4.79 Å². The summed E-state index contributed by atoms with van der Waals surface area (Å²) in [5.41, 5.74) is 1.99. The number of piperazine rings is 1. The van der Waals surface area contributed by atoms with Gasteiger partial charge in [-0.1, -0.05) is 48.6 Å². The Morgan fingerprint density at radius 3 is 2.52 bits per heavy atom. The third-order valence-electron chi connectivity index (χ3n) is 4.66. The lowest BCUT2D eigenvalue weighted by Gasteiger charge is -2.33. The highest BCUT2D eigenvalue weighted by Crippen LogP contribution is 2.16. The van der Waals surface area contributed by atoms with E-state index in [0.717, 1.165) is 44.2 Å². The van der Waals surface area contributed by atoms with Crippen molar-refractivity contribution in [3.8, 4) is 5.75 Å². The zero-order valence-electron chi connectivity index (χ0n) is 15.8. The van der Waals surface area contributed by atoms with Crippen LogP contribution >= 0.6 is 0 Å². The summed E-state index contributed by atoms with van der Waals surface area (Å²) in [6.07, 6.45) is 4.37. The average Bonchev–Trinajstić information content (AvgIpc) is 2.70. The van der Waals surface area contributed by atoms with Crippen LogP contribution in [0, 0.1) is 0 Å². The maximum absolute atomic E-state index is 12.3. The molecule has 3 rings (SSSR count). The van der Waals surface area contributed by atoms with Gasteiger partial charge in [0.1, 0.15) is 5.75 Å². The van der Waals surface area contributed by atoms with Crippen molar-refractivity contribution in [3.05, 3.63) is 66.2 Å². The quantitative estimate of drug-likeness (QED) is 0.819. The molecule has 0 aliphatic carbocycles. The summed E-state index contributed by atoms with van der Waals surface area (Å²) in [4.78, 5) is 16.9. The molecule has 0 saturated carbocycles. The normalized spacial score (nSPS) is 15.7. The molecule has 1 saturated heterocycles. The van der Waals surface area contributed by atoms with Crippen molar-refractivity contribution in [3.63, 3.8) is 0 Å². The third-order valence-corrected chi connectivity index (χ3v) is 4.66. The monoisotopic (exact) mass is 365 g/mol. The van der Waals surface area contributed by atoms with E-state index in [0.29, 0.717) is 6.54 Å². The van der Waals surface area contributed by atoms with Crippen molar-refractivity contribution in [2.45, 2.75) is 0 Å². The number of benzene rings is 2. The predicted octanol–water partition coefficient (Wildman–Crippen LogP) is 2.96. The largest absolute Gasteiger partial charge is 0.497 e. The summed E-state index contributed by atoms with van der Waals surface area (Å²) in [5.74, 6) is 0.755. The van der Waals surface area contributed by atoms with Crippen LogP contribution in [0.1, 0.15) is 5.56 Å². The molecule has 27 heavy (non-hydrogen) atoms. The first kappa shape index (κ1) is 19.1. The average molecular weight is 365 g/mol. The number of methoxy groups -OCH3 is 1. The Morgan fingerprint density at radius 1 is 1.04 bits per heavy atom. The molecule has 2 aromatic rings. The van der Waals surface area contributed by atoms with Crippen molar-refractivity contribution < 1.29 is 9.53 Å². The number of ether oxygens (including phenoxy) is 1. The van der Waals surface area contributed by atoms with Crippen molar-refractivity contribution in [2.75, 3.05) is 51.7 Å². The van der Waals surface area contributed by atoms with Crippen LogP contribution in [0.2, 0.25) is 0 Å². The smallest absolute Gasteiger partial charge is 0.238 e. The Morgan fingerprint density at radius 2 is 1.78 bits per heavy atom. The Hall–Kier alpha value is -2.63. The van der Waals surface area contributed by atoms with Gasteiger partial charge in [-0.2, -0.15) is 0 Å². The zero-order chi connectivity index (χ0) is 18.9. The number of amides is 1. The molecule has 5 nitrogen and oxygen atoms in total. The molecule has 0 bridgehead atoms. The third kappa shape index (κ3) is 6.24. The topological polar surface area (TPSA) is 44.8 Å². The van der Waals surface area contributed by atoms with Gasteiger partial charge in [-0.15, -0.1) is 0 Å². The van der Waals surface area contributed by atoms with Crippen LogP contribution in [0.3, 0.4) is 0 Å². The molecule has 5 heteroatoms. The van der Waals surface area contributed by atoms with E-state index in [2.05, 4.69) is 51.5 Å². The second-order valence-corrected chi connectivity index (χ2v) is 6.67. The van der Waals surface area contributed by atoms with Gasteiger partial charge in [-0.25, -0.2) is 0 Å². The summed E-state index contributed by atoms with van der Waals surface area (Å²) in [5, 5.41) is 2.94. The second-order valence-electron chi connectivity index (χ2n) is 6.67. The number of carbonyl (C=O) groups is 1. The van der Waals surface area contributed by atoms with Crippen molar-refractivity contribution in [1.29, 1.82) is 0 Å². The SMILES string of the molecule is COc1cccc(NC(=O)CN2CCN(CC=Cc3ccccc3)CC2)c1. The molecule has 0 atom stereocenters. The Labute approximate surface area is 161 Å². The van der Waals surface area contributed by atoms with Crippen LogP contribution in [0.15, 0.2) is 60.7 Å². The minimum atomic E-state index is 0.0145. The number of nitrogens with one attached hydrogen (secondary N) is 1. The lowest BCUT2D eigenvalue weighted by Crippen LogP contribution is -2.48. The molecule has 1 aliphatic rings. The fraction of sp³-hybridized carbons (Fsp3) is 0.318. The molecule has 1 fully saturated rings. The van der Waals surface area contributed by atoms with Crippen LogP contribution in [0.25, 0.3) is 6.08 Å². The standard InChI is InChI=1S/C22H27N3O2/c1-27-21-11-5-10-20(17-21)23-22(26)18-25-15-13-24(14-16-25)12-6-9-19-7-3-2-4-8-19/h2-11,17H,12-16,18H2,1H3,(H,23,26). The first-order valence-electron chi connectivity index (χ1n) is 9.33. The molecular formula is C22H27N3O2. The predicted molar refractivity (Wildman–Crippen MR) is 110 cm³/mol. The van der Waals surface area contributed by atoms with Crippen LogP contribution in [0.5, 0.6) is 5.75 Å². The molecule has 1 aliphatic heterocycles. The Balaban J connectivity index is 1.38. The molecule has 0 aromatic heterocycles. The number of anilines is 1. The van der Waals surface area contributed by atoms with Crippen LogP contribution in [-0.4, -0.2) is 62.1 Å². The molecule has 1 amide bonds.